The summed E-state index contributed by atoms with van der Waals surface area (Å²) >= 11 is 6.05. The van der Waals surface area contributed by atoms with Crippen LogP contribution in [0.2, 0.25) is 5.02 Å². The molecule has 90 valence electrons. The molecule has 1 N–H and O–H groups in total. The molecule has 2 aromatic rings. The third-order valence-electron chi connectivity index (χ3n) is 3.20. The first kappa shape index (κ1) is 11.3. The molecule has 0 amide bonds. The Morgan fingerprint density at radius 3 is 2.83 bits per heavy atom. The summed E-state index contributed by atoms with van der Waals surface area (Å²) in [4.78, 5) is 12.4. The maximum atomic E-state index is 12.4. The van der Waals surface area contributed by atoms with Gasteiger partial charge < -0.3 is 5.32 Å². The third-order valence-corrected chi connectivity index (χ3v) is 3.53. The van der Waals surface area contributed by atoms with E-state index in [0.717, 1.165) is 18.7 Å². The molecule has 0 aromatic heterocycles. The number of hydrogen-bond acceptors (Lipinski definition) is 2. The SMILES string of the molecule is O=C(c1ccc2c(c1)CCN2)c1ccccc1Cl. The number of halogens is 1. The van der Waals surface area contributed by atoms with Gasteiger partial charge >= 0.3 is 0 Å². The van der Waals surface area contributed by atoms with E-state index in [9.17, 15) is 4.79 Å². The van der Waals surface area contributed by atoms with Crippen molar-refractivity contribution in [2.24, 2.45) is 0 Å². The fraction of sp³-hybridized carbons (Fsp3) is 0.133. The van der Waals surface area contributed by atoms with Gasteiger partial charge in [-0.05, 0) is 42.3 Å². The molecule has 1 aliphatic rings. The first-order valence-corrected chi connectivity index (χ1v) is 6.29. The summed E-state index contributed by atoms with van der Waals surface area (Å²) in [7, 11) is 0. The Morgan fingerprint density at radius 1 is 1.17 bits per heavy atom. The van der Waals surface area contributed by atoms with Crippen LogP contribution in [0, 0.1) is 0 Å². The summed E-state index contributed by atoms with van der Waals surface area (Å²) in [6.45, 7) is 0.944. The number of carbonyl (C=O) groups is 1. The monoisotopic (exact) mass is 257 g/mol. The van der Waals surface area contributed by atoms with Crippen molar-refractivity contribution < 1.29 is 4.79 Å². The quantitative estimate of drug-likeness (QED) is 0.834. The number of carbonyl (C=O) groups excluding carboxylic acids is 1. The number of rotatable bonds is 2. The second-order valence-corrected chi connectivity index (χ2v) is 4.76. The van der Waals surface area contributed by atoms with E-state index in [-0.39, 0.29) is 5.78 Å². The van der Waals surface area contributed by atoms with E-state index in [1.165, 1.54) is 5.56 Å². The first-order chi connectivity index (χ1) is 8.75. The lowest BCUT2D eigenvalue weighted by molar-refractivity contribution is 0.103. The summed E-state index contributed by atoms with van der Waals surface area (Å²) < 4.78 is 0. The number of hydrogen-bond donors (Lipinski definition) is 1. The van der Waals surface area contributed by atoms with Crippen molar-refractivity contribution >= 4 is 23.1 Å². The summed E-state index contributed by atoms with van der Waals surface area (Å²) in [5.41, 5.74) is 3.59. The first-order valence-electron chi connectivity index (χ1n) is 5.92. The molecule has 2 aromatic carbocycles. The smallest absolute Gasteiger partial charge is 0.194 e. The molecule has 0 saturated carbocycles. The third kappa shape index (κ3) is 1.89. The van der Waals surface area contributed by atoms with Crippen LogP contribution >= 0.6 is 11.6 Å². The van der Waals surface area contributed by atoms with Crippen LogP contribution in [-0.4, -0.2) is 12.3 Å². The molecule has 0 atom stereocenters. The highest BCUT2D eigenvalue weighted by molar-refractivity contribution is 6.35. The van der Waals surface area contributed by atoms with Gasteiger partial charge in [-0.2, -0.15) is 0 Å². The van der Waals surface area contributed by atoms with E-state index in [2.05, 4.69) is 5.32 Å². The number of benzene rings is 2. The van der Waals surface area contributed by atoms with Crippen molar-refractivity contribution in [3.63, 3.8) is 0 Å². The van der Waals surface area contributed by atoms with Gasteiger partial charge in [-0.3, -0.25) is 4.79 Å². The lowest BCUT2D eigenvalue weighted by Crippen LogP contribution is -2.02. The second kappa shape index (κ2) is 4.46. The van der Waals surface area contributed by atoms with Crippen molar-refractivity contribution in [3.8, 4) is 0 Å². The molecular formula is C15H12ClNO. The highest BCUT2D eigenvalue weighted by Crippen LogP contribution is 2.25. The predicted molar refractivity (Wildman–Crippen MR) is 73.5 cm³/mol. The largest absolute Gasteiger partial charge is 0.384 e. The van der Waals surface area contributed by atoms with Crippen LogP contribution in [0.15, 0.2) is 42.5 Å². The number of fused-ring (bicyclic) bond motifs is 1. The fourth-order valence-electron chi connectivity index (χ4n) is 2.25. The summed E-state index contributed by atoms with van der Waals surface area (Å²) in [6, 6.07) is 12.9. The molecule has 1 aliphatic heterocycles. The summed E-state index contributed by atoms with van der Waals surface area (Å²) in [5.74, 6) is -0.0182. The lowest BCUT2D eigenvalue weighted by Gasteiger charge is -2.05. The zero-order chi connectivity index (χ0) is 12.5. The van der Waals surface area contributed by atoms with Crippen LogP contribution in [-0.2, 0) is 6.42 Å². The summed E-state index contributed by atoms with van der Waals surface area (Å²) in [5, 5.41) is 3.78. The van der Waals surface area contributed by atoms with E-state index >= 15 is 0 Å². The minimum absolute atomic E-state index is 0.0182. The van der Waals surface area contributed by atoms with Crippen molar-refractivity contribution in [1.82, 2.24) is 0 Å². The van der Waals surface area contributed by atoms with Crippen molar-refractivity contribution in [2.75, 3.05) is 11.9 Å². The second-order valence-electron chi connectivity index (χ2n) is 4.36. The minimum Gasteiger partial charge on any atom is -0.384 e. The molecular weight excluding hydrogens is 246 g/mol. The van der Waals surface area contributed by atoms with Crippen LogP contribution < -0.4 is 5.32 Å². The zero-order valence-electron chi connectivity index (χ0n) is 9.74. The van der Waals surface area contributed by atoms with Gasteiger partial charge in [-0.1, -0.05) is 23.7 Å². The maximum Gasteiger partial charge on any atom is 0.194 e. The van der Waals surface area contributed by atoms with Crippen LogP contribution in [0.3, 0.4) is 0 Å². The Hall–Kier alpha value is -1.80. The van der Waals surface area contributed by atoms with Gasteiger partial charge in [0, 0.05) is 23.4 Å². The van der Waals surface area contributed by atoms with Gasteiger partial charge in [-0.15, -0.1) is 0 Å². The Bertz CT molecular complexity index is 622. The van der Waals surface area contributed by atoms with Gasteiger partial charge in [0.05, 0.1) is 5.02 Å². The maximum absolute atomic E-state index is 12.4. The Kier molecular flexibility index (Phi) is 2.80. The van der Waals surface area contributed by atoms with Gasteiger partial charge in [-0.25, -0.2) is 0 Å². The van der Waals surface area contributed by atoms with Crippen LogP contribution in [0.5, 0.6) is 0 Å². The van der Waals surface area contributed by atoms with E-state index in [0.29, 0.717) is 16.1 Å². The molecule has 3 heteroatoms. The number of anilines is 1. The summed E-state index contributed by atoms with van der Waals surface area (Å²) in [6.07, 6.45) is 0.971. The molecule has 0 unspecified atom stereocenters. The predicted octanol–water partition coefficient (Wildman–Crippen LogP) is 3.54. The lowest BCUT2D eigenvalue weighted by atomic mass is 10.0. The number of ketones is 1. The van der Waals surface area contributed by atoms with E-state index in [1.807, 2.05) is 30.3 Å². The number of nitrogens with one attached hydrogen (secondary N) is 1. The Morgan fingerprint density at radius 2 is 2.00 bits per heavy atom. The van der Waals surface area contributed by atoms with E-state index < -0.39 is 0 Å². The zero-order valence-corrected chi connectivity index (χ0v) is 10.5. The van der Waals surface area contributed by atoms with Crippen LogP contribution in [0.1, 0.15) is 21.5 Å². The molecule has 0 saturated heterocycles. The highest BCUT2D eigenvalue weighted by Gasteiger charge is 2.16. The van der Waals surface area contributed by atoms with E-state index in [1.54, 1.807) is 12.1 Å². The molecule has 0 fully saturated rings. The molecule has 3 rings (SSSR count). The van der Waals surface area contributed by atoms with Crippen molar-refractivity contribution in [1.29, 1.82) is 0 Å². The van der Waals surface area contributed by atoms with Gasteiger partial charge in [0.1, 0.15) is 0 Å². The molecule has 18 heavy (non-hydrogen) atoms. The van der Waals surface area contributed by atoms with Gasteiger partial charge in [0.2, 0.25) is 0 Å². The Balaban J connectivity index is 2.01. The van der Waals surface area contributed by atoms with Gasteiger partial charge in [0.25, 0.3) is 0 Å². The molecule has 1 heterocycles. The van der Waals surface area contributed by atoms with Crippen molar-refractivity contribution in [3.05, 3.63) is 64.2 Å². The van der Waals surface area contributed by atoms with Gasteiger partial charge in [0.15, 0.2) is 5.78 Å². The van der Waals surface area contributed by atoms with Crippen LogP contribution in [0.25, 0.3) is 0 Å². The van der Waals surface area contributed by atoms with Crippen LogP contribution in [0.4, 0.5) is 5.69 Å². The average molecular weight is 258 g/mol. The highest BCUT2D eigenvalue weighted by atomic mass is 35.5. The fourth-order valence-corrected chi connectivity index (χ4v) is 2.47. The Labute approximate surface area is 111 Å². The minimum atomic E-state index is -0.0182. The van der Waals surface area contributed by atoms with Crippen molar-refractivity contribution in [2.45, 2.75) is 6.42 Å². The molecule has 2 nitrogen and oxygen atoms in total. The molecule has 0 bridgehead atoms. The molecule has 0 aliphatic carbocycles. The topological polar surface area (TPSA) is 29.1 Å². The molecule has 0 spiro atoms. The standard InChI is InChI=1S/C15H12ClNO/c16-13-4-2-1-3-12(13)15(18)11-5-6-14-10(9-11)7-8-17-14/h1-6,9,17H,7-8H2. The normalized spacial score (nSPS) is 12.9. The molecule has 0 radical (unpaired) electrons. The van der Waals surface area contributed by atoms with E-state index in [4.69, 9.17) is 11.6 Å². The average Bonchev–Trinajstić information content (AvgIpc) is 2.85.